The molecule has 5 nitrogen and oxygen atoms in total. The first-order valence-electron chi connectivity index (χ1n) is 7.93. The molecule has 1 fully saturated rings. The smallest absolute Gasteiger partial charge is 0.165 e. The first kappa shape index (κ1) is 17.1. The van der Waals surface area contributed by atoms with Crippen molar-refractivity contribution in [1.29, 1.82) is 0 Å². The summed E-state index contributed by atoms with van der Waals surface area (Å²) in [5.74, 6) is 1.55. The second kappa shape index (κ2) is 8.36. The summed E-state index contributed by atoms with van der Waals surface area (Å²) in [6, 6.07) is 6.48. The Kier molecular flexibility index (Phi) is 6.49. The van der Waals surface area contributed by atoms with Gasteiger partial charge in [-0.25, -0.2) is 0 Å². The Bertz CT molecular complexity index is 459. The van der Waals surface area contributed by atoms with Crippen LogP contribution in [0.15, 0.2) is 18.2 Å². The van der Waals surface area contributed by atoms with Crippen molar-refractivity contribution < 1.29 is 14.6 Å². The molecule has 1 aromatic carbocycles. The summed E-state index contributed by atoms with van der Waals surface area (Å²) in [7, 11) is 5.50. The normalized spacial score (nSPS) is 17.0. The lowest BCUT2D eigenvalue weighted by molar-refractivity contribution is 0.0933. The van der Waals surface area contributed by atoms with Crippen LogP contribution in [0.2, 0.25) is 0 Å². The Balaban J connectivity index is 2.14. The van der Waals surface area contributed by atoms with Gasteiger partial charge in [-0.05, 0) is 39.0 Å². The molecule has 0 aromatic heterocycles. The van der Waals surface area contributed by atoms with E-state index in [9.17, 15) is 5.11 Å². The summed E-state index contributed by atoms with van der Waals surface area (Å²) in [6.07, 6.45) is 2.28. The number of ether oxygens (including phenoxy) is 2. The van der Waals surface area contributed by atoms with E-state index < -0.39 is 0 Å². The van der Waals surface area contributed by atoms with Crippen molar-refractivity contribution in [3.63, 3.8) is 0 Å². The summed E-state index contributed by atoms with van der Waals surface area (Å²) in [4.78, 5) is 4.73. The molecular formula is C17H28N2O3. The maximum atomic E-state index is 9.42. The minimum Gasteiger partial charge on any atom is -0.493 e. The van der Waals surface area contributed by atoms with Crippen LogP contribution in [0.5, 0.6) is 11.5 Å². The second-order valence-electron chi connectivity index (χ2n) is 5.88. The fourth-order valence-corrected chi connectivity index (χ4v) is 3.18. The lowest BCUT2D eigenvalue weighted by Crippen LogP contribution is -2.44. The van der Waals surface area contributed by atoms with Crippen molar-refractivity contribution in [1.82, 2.24) is 9.80 Å². The number of piperidine rings is 1. The Labute approximate surface area is 133 Å². The Morgan fingerprint density at radius 1 is 1.23 bits per heavy atom. The van der Waals surface area contributed by atoms with Crippen molar-refractivity contribution in [3.05, 3.63) is 23.8 Å². The van der Waals surface area contributed by atoms with E-state index >= 15 is 0 Å². The molecule has 1 aliphatic rings. The highest BCUT2D eigenvalue weighted by Crippen LogP contribution is 2.32. The zero-order valence-corrected chi connectivity index (χ0v) is 13.9. The van der Waals surface area contributed by atoms with Gasteiger partial charge in [0.2, 0.25) is 0 Å². The zero-order chi connectivity index (χ0) is 15.9. The van der Waals surface area contributed by atoms with E-state index in [1.54, 1.807) is 14.2 Å². The molecule has 0 bridgehead atoms. The fraction of sp³-hybridized carbons (Fsp3) is 0.647. The van der Waals surface area contributed by atoms with Gasteiger partial charge in [0.15, 0.2) is 11.5 Å². The highest BCUT2D eigenvalue weighted by Gasteiger charge is 2.24. The lowest BCUT2D eigenvalue weighted by atomic mass is 10.0. The summed E-state index contributed by atoms with van der Waals surface area (Å²) < 4.78 is 10.9. The predicted molar refractivity (Wildman–Crippen MR) is 87.6 cm³/mol. The monoisotopic (exact) mass is 308 g/mol. The van der Waals surface area contributed by atoms with Crippen molar-refractivity contribution in [2.24, 2.45) is 0 Å². The number of hydrogen-bond acceptors (Lipinski definition) is 5. The quantitative estimate of drug-likeness (QED) is 0.829. The van der Waals surface area contributed by atoms with E-state index in [2.05, 4.69) is 22.9 Å². The van der Waals surface area contributed by atoms with Gasteiger partial charge < -0.3 is 19.5 Å². The maximum Gasteiger partial charge on any atom is 0.165 e. The van der Waals surface area contributed by atoms with E-state index in [1.807, 2.05) is 12.1 Å². The van der Waals surface area contributed by atoms with E-state index in [1.165, 1.54) is 0 Å². The number of aliphatic hydroxyl groups excluding tert-OH is 1. The van der Waals surface area contributed by atoms with Crippen molar-refractivity contribution in [2.45, 2.75) is 25.4 Å². The van der Waals surface area contributed by atoms with Gasteiger partial charge in [-0.15, -0.1) is 0 Å². The molecule has 22 heavy (non-hydrogen) atoms. The zero-order valence-electron chi connectivity index (χ0n) is 13.9. The molecule has 0 aliphatic carbocycles. The standard InChI is InChI=1S/C17H28N2O3/c1-18-9-7-15(8-10-18)19(11-12-20)13-14-5-4-6-16(21-2)17(14)22-3/h4-6,15,20H,7-13H2,1-3H3. The van der Waals surface area contributed by atoms with Crippen molar-refractivity contribution >= 4 is 0 Å². The summed E-state index contributed by atoms with van der Waals surface area (Å²) >= 11 is 0. The maximum absolute atomic E-state index is 9.42. The number of rotatable bonds is 7. The Hall–Kier alpha value is -1.30. The van der Waals surface area contributed by atoms with Crippen LogP contribution < -0.4 is 9.47 Å². The van der Waals surface area contributed by atoms with Gasteiger partial charge in [0.05, 0.1) is 20.8 Å². The third kappa shape index (κ3) is 4.12. The van der Waals surface area contributed by atoms with Crippen LogP contribution in [0.4, 0.5) is 0 Å². The van der Waals surface area contributed by atoms with E-state index in [4.69, 9.17) is 9.47 Å². The van der Waals surface area contributed by atoms with Gasteiger partial charge in [0.25, 0.3) is 0 Å². The van der Waals surface area contributed by atoms with Crippen LogP contribution in [-0.2, 0) is 6.54 Å². The van der Waals surface area contributed by atoms with Gasteiger partial charge in [0, 0.05) is 24.7 Å². The van der Waals surface area contributed by atoms with E-state index in [0.717, 1.165) is 49.5 Å². The molecule has 124 valence electrons. The SMILES string of the molecule is COc1cccc(CN(CCO)C2CCN(C)CC2)c1OC. The molecule has 0 saturated carbocycles. The molecule has 1 heterocycles. The van der Waals surface area contributed by atoms with E-state index in [0.29, 0.717) is 12.6 Å². The summed E-state index contributed by atoms with van der Waals surface area (Å²) in [5.41, 5.74) is 1.11. The molecule has 0 radical (unpaired) electrons. The molecule has 0 amide bonds. The van der Waals surface area contributed by atoms with Crippen LogP contribution >= 0.6 is 0 Å². The number of likely N-dealkylation sites (tertiary alicyclic amines) is 1. The molecule has 1 N–H and O–H groups in total. The Morgan fingerprint density at radius 2 is 1.95 bits per heavy atom. The summed E-state index contributed by atoms with van der Waals surface area (Å²) in [5, 5.41) is 9.42. The molecule has 1 aliphatic heterocycles. The molecule has 2 rings (SSSR count). The number of aliphatic hydroxyl groups is 1. The average molecular weight is 308 g/mol. The second-order valence-corrected chi connectivity index (χ2v) is 5.88. The average Bonchev–Trinajstić information content (AvgIpc) is 2.55. The number of para-hydroxylation sites is 1. The van der Waals surface area contributed by atoms with Gasteiger partial charge in [0.1, 0.15) is 0 Å². The summed E-state index contributed by atoms with van der Waals surface area (Å²) in [6.45, 7) is 3.87. The molecule has 0 unspecified atom stereocenters. The van der Waals surface area contributed by atoms with Crippen LogP contribution in [0, 0.1) is 0 Å². The number of benzene rings is 1. The number of hydrogen-bond donors (Lipinski definition) is 1. The number of nitrogens with zero attached hydrogens (tertiary/aromatic N) is 2. The van der Waals surface area contributed by atoms with Crippen LogP contribution in [-0.4, -0.2) is 68.5 Å². The van der Waals surface area contributed by atoms with Crippen molar-refractivity contribution in [2.75, 3.05) is 47.5 Å². The first-order chi connectivity index (χ1) is 10.7. The number of methoxy groups -OCH3 is 2. The van der Waals surface area contributed by atoms with Crippen LogP contribution in [0.3, 0.4) is 0 Å². The van der Waals surface area contributed by atoms with E-state index in [-0.39, 0.29) is 6.61 Å². The molecular weight excluding hydrogens is 280 g/mol. The largest absolute Gasteiger partial charge is 0.493 e. The third-order valence-electron chi connectivity index (χ3n) is 4.45. The predicted octanol–water partition coefficient (Wildman–Crippen LogP) is 1.59. The van der Waals surface area contributed by atoms with Crippen LogP contribution in [0.25, 0.3) is 0 Å². The van der Waals surface area contributed by atoms with Gasteiger partial charge >= 0.3 is 0 Å². The first-order valence-corrected chi connectivity index (χ1v) is 7.93. The van der Waals surface area contributed by atoms with Gasteiger partial charge in [-0.2, -0.15) is 0 Å². The molecule has 0 atom stereocenters. The fourth-order valence-electron chi connectivity index (χ4n) is 3.18. The molecule has 5 heteroatoms. The third-order valence-corrected chi connectivity index (χ3v) is 4.45. The molecule has 1 saturated heterocycles. The molecule has 1 aromatic rings. The minimum atomic E-state index is 0.179. The topological polar surface area (TPSA) is 45.2 Å². The van der Waals surface area contributed by atoms with Gasteiger partial charge in [-0.3, -0.25) is 4.90 Å². The highest BCUT2D eigenvalue weighted by atomic mass is 16.5. The minimum absolute atomic E-state index is 0.179. The lowest BCUT2D eigenvalue weighted by Gasteiger charge is -2.37. The van der Waals surface area contributed by atoms with Gasteiger partial charge in [-0.1, -0.05) is 12.1 Å². The molecule has 0 spiro atoms. The van der Waals surface area contributed by atoms with Crippen molar-refractivity contribution in [3.8, 4) is 11.5 Å². The highest BCUT2D eigenvalue weighted by molar-refractivity contribution is 5.46. The Morgan fingerprint density at radius 3 is 2.55 bits per heavy atom. The van der Waals surface area contributed by atoms with Crippen LogP contribution in [0.1, 0.15) is 18.4 Å².